The third kappa shape index (κ3) is 28.1. The molecule has 0 spiro atoms. The van der Waals surface area contributed by atoms with Crippen molar-refractivity contribution < 1.29 is 5.11 Å². The summed E-state index contributed by atoms with van der Waals surface area (Å²) in [5.41, 5.74) is 0. The molecule has 0 heterocycles. The van der Waals surface area contributed by atoms with E-state index in [0.29, 0.717) is 0 Å². The van der Waals surface area contributed by atoms with E-state index >= 15 is 0 Å². The standard InChI is InChI=1S/C4H8O.2H3N/c1-3-4(2)5;;/h3-5H,1H2,2H3;2*1H3. The van der Waals surface area contributed by atoms with Crippen molar-refractivity contribution in [3.05, 3.63) is 12.7 Å². The molecule has 3 nitrogen and oxygen atoms in total. The predicted molar refractivity (Wildman–Crippen MR) is 31.9 cm³/mol. The molecule has 0 aromatic rings. The molecule has 0 aliphatic heterocycles. The van der Waals surface area contributed by atoms with Crippen LogP contribution in [0.5, 0.6) is 0 Å². The first-order chi connectivity index (χ1) is 2.27. The molecular weight excluding hydrogens is 92.1 g/mol. The van der Waals surface area contributed by atoms with Crippen LogP contribution < -0.4 is 12.3 Å². The maximum absolute atomic E-state index is 8.24. The van der Waals surface area contributed by atoms with Gasteiger partial charge in [0.05, 0.1) is 6.10 Å². The molecule has 0 aromatic carbocycles. The number of hydrogen-bond acceptors (Lipinski definition) is 3. The van der Waals surface area contributed by atoms with Gasteiger partial charge < -0.3 is 17.4 Å². The quantitative estimate of drug-likeness (QED) is 0.433. The van der Waals surface area contributed by atoms with Gasteiger partial charge in [0.15, 0.2) is 0 Å². The summed E-state index contributed by atoms with van der Waals surface area (Å²) in [6.07, 6.45) is 1.12. The summed E-state index contributed by atoms with van der Waals surface area (Å²) >= 11 is 0. The number of aliphatic hydroxyl groups is 1. The Labute approximate surface area is 44.2 Å². The van der Waals surface area contributed by atoms with Crippen LogP contribution in [0.25, 0.3) is 0 Å². The Kier molecular flexibility index (Phi) is 20.9. The van der Waals surface area contributed by atoms with Crippen molar-refractivity contribution in [2.45, 2.75) is 13.0 Å². The molecule has 0 saturated carbocycles. The Morgan fingerprint density at radius 1 is 1.57 bits per heavy atom. The highest BCUT2D eigenvalue weighted by Crippen LogP contribution is 1.73. The molecule has 7 heavy (non-hydrogen) atoms. The smallest absolute Gasteiger partial charge is 0.0690 e. The Hall–Kier alpha value is -0.380. The molecular formula is C4H14N2O. The van der Waals surface area contributed by atoms with Crippen molar-refractivity contribution in [3.63, 3.8) is 0 Å². The van der Waals surface area contributed by atoms with Crippen LogP contribution in [0, 0.1) is 0 Å². The van der Waals surface area contributed by atoms with Crippen molar-refractivity contribution in [3.8, 4) is 0 Å². The van der Waals surface area contributed by atoms with Crippen LogP contribution in [0.3, 0.4) is 0 Å². The summed E-state index contributed by atoms with van der Waals surface area (Å²) in [6.45, 7) is 4.97. The SMILES string of the molecule is C=CC(C)O.N.N. The van der Waals surface area contributed by atoms with Crippen LogP contribution in [0.15, 0.2) is 12.7 Å². The van der Waals surface area contributed by atoms with E-state index in [1.54, 1.807) is 6.92 Å². The minimum absolute atomic E-state index is 0. The zero-order valence-electron chi connectivity index (χ0n) is 4.72. The number of aliphatic hydroxyl groups excluding tert-OH is 1. The van der Waals surface area contributed by atoms with Gasteiger partial charge in [-0.15, -0.1) is 6.58 Å². The van der Waals surface area contributed by atoms with Gasteiger partial charge in [-0.05, 0) is 6.92 Å². The lowest BCUT2D eigenvalue weighted by atomic mass is 10.4. The molecule has 3 heteroatoms. The van der Waals surface area contributed by atoms with Crippen LogP contribution >= 0.6 is 0 Å². The number of hydrogen-bond donors (Lipinski definition) is 3. The molecule has 0 bridgehead atoms. The lowest BCUT2D eigenvalue weighted by Crippen LogP contribution is -1.88. The second-order valence-corrected chi connectivity index (χ2v) is 0.976. The predicted octanol–water partition coefficient (Wildman–Crippen LogP) is 0.877. The summed E-state index contributed by atoms with van der Waals surface area (Å²) < 4.78 is 0. The van der Waals surface area contributed by atoms with Gasteiger partial charge in [0.2, 0.25) is 0 Å². The minimum Gasteiger partial charge on any atom is -0.389 e. The average Bonchev–Trinajstić information content (AvgIpc) is 1.38. The first-order valence-corrected chi connectivity index (χ1v) is 1.58. The molecule has 0 aliphatic carbocycles. The maximum Gasteiger partial charge on any atom is 0.0690 e. The fraction of sp³-hybridized carbons (Fsp3) is 0.500. The summed E-state index contributed by atoms with van der Waals surface area (Å²) in [5.74, 6) is 0. The summed E-state index contributed by atoms with van der Waals surface area (Å²) in [6, 6.07) is 0. The molecule has 7 N–H and O–H groups in total. The van der Waals surface area contributed by atoms with Crippen LogP contribution in [-0.2, 0) is 0 Å². The Morgan fingerprint density at radius 2 is 1.71 bits per heavy atom. The van der Waals surface area contributed by atoms with E-state index in [4.69, 9.17) is 5.11 Å². The van der Waals surface area contributed by atoms with Crippen molar-refractivity contribution in [1.29, 1.82) is 0 Å². The van der Waals surface area contributed by atoms with E-state index < -0.39 is 0 Å². The molecule has 0 fully saturated rings. The Balaban J connectivity index is -0.0000000800. The highest BCUT2D eigenvalue weighted by Gasteiger charge is 1.75. The summed E-state index contributed by atoms with van der Waals surface area (Å²) in [7, 11) is 0. The van der Waals surface area contributed by atoms with Crippen LogP contribution in [0.2, 0.25) is 0 Å². The van der Waals surface area contributed by atoms with Gasteiger partial charge >= 0.3 is 0 Å². The van der Waals surface area contributed by atoms with Gasteiger partial charge in [0.25, 0.3) is 0 Å². The van der Waals surface area contributed by atoms with Gasteiger partial charge in [-0.2, -0.15) is 0 Å². The number of rotatable bonds is 1. The van der Waals surface area contributed by atoms with Gasteiger partial charge in [0.1, 0.15) is 0 Å². The highest BCUT2D eigenvalue weighted by atomic mass is 16.3. The normalized spacial score (nSPS) is 10.0. The molecule has 1 atom stereocenters. The molecule has 1 unspecified atom stereocenters. The zero-order valence-corrected chi connectivity index (χ0v) is 4.72. The second kappa shape index (κ2) is 9.15. The van der Waals surface area contributed by atoms with Crippen LogP contribution in [0.4, 0.5) is 0 Å². The monoisotopic (exact) mass is 106 g/mol. The van der Waals surface area contributed by atoms with Crippen molar-refractivity contribution in [2.75, 3.05) is 0 Å². The fourth-order valence-corrected chi connectivity index (χ4v) is 0. The summed E-state index contributed by atoms with van der Waals surface area (Å²) in [5, 5.41) is 8.24. The van der Waals surface area contributed by atoms with E-state index in [-0.39, 0.29) is 18.4 Å². The Bertz CT molecular complexity index is 36.7. The second-order valence-electron chi connectivity index (χ2n) is 0.976. The fourth-order valence-electron chi connectivity index (χ4n) is 0. The molecule has 46 valence electrons. The molecule has 0 saturated heterocycles. The van der Waals surface area contributed by atoms with Crippen LogP contribution in [-0.4, -0.2) is 11.2 Å². The van der Waals surface area contributed by atoms with E-state index in [2.05, 4.69) is 6.58 Å². The van der Waals surface area contributed by atoms with E-state index in [9.17, 15) is 0 Å². The van der Waals surface area contributed by atoms with Crippen molar-refractivity contribution in [1.82, 2.24) is 12.3 Å². The Morgan fingerprint density at radius 3 is 1.71 bits per heavy atom. The summed E-state index contributed by atoms with van der Waals surface area (Å²) in [4.78, 5) is 0. The minimum atomic E-state index is -0.352. The zero-order chi connectivity index (χ0) is 4.28. The third-order valence-corrected chi connectivity index (χ3v) is 0.341. The first-order valence-electron chi connectivity index (χ1n) is 1.58. The van der Waals surface area contributed by atoms with E-state index in [0.717, 1.165) is 0 Å². The third-order valence-electron chi connectivity index (χ3n) is 0.341. The van der Waals surface area contributed by atoms with E-state index in [1.807, 2.05) is 0 Å². The van der Waals surface area contributed by atoms with Crippen molar-refractivity contribution >= 4 is 0 Å². The molecule has 0 rings (SSSR count). The van der Waals surface area contributed by atoms with Gasteiger partial charge in [-0.1, -0.05) is 6.08 Å². The highest BCUT2D eigenvalue weighted by molar-refractivity contribution is 4.72. The van der Waals surface area contributed by atoms with Crippen LogP contribution in [0.1, 0.15) is 6.92 Å². The van der Waals surface area contributed by atoms with E-state index in [1.165, 1.54) is 6.08 Å². The van der Waals surface area contributed by atoms with Gasteiger partial charge in [-0.3, -0.25) is 0 Å². The topological polar surface area (TPSA) is 90.2 Å². The maximum atomic E-state index is 8.24. The first kappa shape index (κ1) is 16.0. The van der Waals surface area contributed by atoms with Crippen molar-refractivity contribution in [2.24, 2.45) is 0 Å². The molecule has 0 amide bonds. The average molecular weight is 106 g/mol. The lowest BCUT2D eigenvalue weighted by Gasteiger charge is -1.84. The molecule has 0 aromatic heterocycles. The largest absolute Gasteiger partial charge is 0.389 e. The molecule has 0 aliphatic rings. The van der Waals surface area contributed by atoms with Gasteiger partial charge in [-0.25, -0.2) is 0 Å². The van der Waals surface area contributed by atoms with Gasteiger partial charge in [0, 0.05) is 0 Å². The lowest BCUT2D eigenvalue weighted by molar-refractivity contribution is 0.244. The molecule has 0 radical (unpaired) electrons.